The third-order valence-electron chi connectivity index (χ3n) is 4.80. The van der Waals surface area contributed by atoms with Crippen LogP contribution < -0.4 is 15.2 Å². The van der Waals surface area contributed by atoms with Crippen molar-refractivity contribution < 1.29 is 14.3 Å². The molecule has 1 aliphatic heterocycles. The zero-order chi connectivity index (χ0) is 19.1. The highest BCUT2D eigenvalue weighted by Crippen LogP contribution is 2.35. The quantitative estimate of drug-likeness (QED) is 0.738. The lowest BCUT2D eigenvalue weighted by Crippen LogP contribution is -2.27. The molecule has 146 valence electrons. The summed E-state index contributed by atoms with van der Waals surface area (Å²) in [5.74, 6) is 0.730. The van der Waals surface area contributed by atoms with Crippen LogP contribution in [0.5, 0.6) is 11.5 Å². The van der Waals surface area contributed by atoms with Crippen molar-refractivity contribution in [3.8, 4) is 11.5 Å². The Morgan fingerprint density at radius 1 is 1.22 bits per heavy atom. The summed E-state index contributed by atoms with van der Waals surface area (Å²) in [6.07, 6.45) is 5.02. The van der Waals surface area contributed by atoms with Gasteiger partial charge in [0.05, 0.1) is 6.61 Å². The van der Waals surface area contributed by atoms with Crippen LogP contribution in [0.15, 0.2) is 35.7 Å². The number of nitrogens with two attached hydrogens (primary N) is 1. The second-order valence-electron chi connectivity index (χ2n) is 6.82. The maximum absolute atomic E-state index is 11.0. The molecule has 3 rings (SSSR count). The lowest BCUT2D eigenvalue weighted by atomic mass is 10.1. The molecule has 27 heavy (non-hydrogen) atoms. The van der Waals surface area contributed by atoms with Crippen molar-refractivity contribution >= 4 is 17.2 Å². The zero-order valence-corrected chi connectivity index (χ0v) is 16.7. The minimum atomic E-state index is -0.495. The Balaban J connectivity index is 1.77. The number of carbonyl (C=O) groups is 1. The molecular weight excluding hydrogens is 360 g/mol. The van der Waals surface area contributed by atoms with E-state index in [-0.39, 0.29) is 6.61 Å². The smallest absolute Gasteiger partial charge is 0.255 e. The molecule has 1 aliphatic rings. The average Bonchev–Trinajstić information content (AvgIpc) is 3.08. The van der Waals surface area contributed by atoms with Crippen LogP contribution in [0.1, 0.15) is 49.1 Å². The van der Waals surface area contributed by atoms with Crippen LogP contribution in [0.4, 0.5) is 0 Å². The highest BCUT2D eigenvalue weighted by molar-refractivity contribution is 7.10. The maximum Gasteiger partial charge on any atom is 0.255 e. The Morgan fingerprint density at radius 2 is 2.11 bits per heavy atom. The van der Waals surface area contributed by atoms with E-state index in [4.69, 9.17) is 15.2 Å². The average molecular weight is 389 g/mol. The van der Waals surface area contributed by atoms with Crippen molar-refractivity contribution in [1.82, 2.24) is 4.90 Å². The molecular formula is C21H28N2O3S. The predicted octanol–water partition coefficient (Wildman–Crippen LogP) is 4.13. The van der Waals surface area contributed by atoms with Crippen LogP contribution in [0.2, 0.25) is 0 Å². The van der Waals surface area contributed by atoms with Crippen molar-refractivity contribution in [2.24, 2.45) is 5.73 Å². The molecule has 0 aliphatic carbocycles. The third-order valence-corrected chi connectivity index (χ3v) is 5.77. The van der Waals surface area contributed by atoms with E-state index in [1.54, 1.807) is 0 Å². The summed E-state index contributed by atoms with van der Waals surface area (Å²) in [5, 5.41) is 2.16. The molecule has 1 unspecified atom stereocenters. The number of carbonyl (C=O) groups excluding carboxylic acids is 1. The first-order chi connectivity index (χ1) is 13.2. The van der Waals surface area contributed by atoms with E-state index in [1.807, 2.05) is 30.4 Å². The van der Waals surface area contributed by atoms with Crippen LogP contribution in [-0.4, -0.2) is 30.6 Å². The van der Waals surface area contributed by atoms with Gasteiger partial charge in [0, 0.05) is 17.5 Å². The summed E-state index contributed by atoms with van der Waals surface area (Å²) in [4.78, 5) is 15.0. The summed E-state index contributed by atoms with van der Waals surface area (Å²) in [6, 6.07) is 10.8. The molecule has 0 saturated carbocycles. The zero-order valence-electron chi connectivity index (χ0n) is 15.9. The second kappa shape index (κ2) is 9.76. The first kappa shape index (κ1) is 19.7. The predicted molar refractivity (Wildman–Crippen MR) is 108 cm³/mol. The van der Waals surface area contributed by atoms with Gasteiger partial charge in [0.1, 0.15) is 0 Å². The van der Waals surface area contributed by atoms with Crippen LogP contribution in [0.25, 0.3) is 0 Å². The fourth-order valence-corrected chi connectivity index (χ4v) is 4.48. The van der Waals surface area contributed by atoms with Crippen LogP contribution in [-0.2, 0) is 11.3 Å². The van der Waals surface area contributed by atoms with Gasteiger partial charge in [-0.2, -0.15) is 0 Å². The molecule has 2 aromatic rings. The number of hydrogen-bond donors (Lipinski definition) is 1. The number of amides is 1. The monoisotopic (exact) mass is 388 g/mol. The molecule has 1 fully saturated rings. The van der Waals surface area contributed by atoms with Gasteiger partial charge in [0.2, 0.25) is 0 Å². The number of likely N-dealkylation sites (tertiary alicyclic amines) is 1. The SMILES string of the molecule is CCOc1cc(CN2CCCCCC2c2cccs2)ccc1OCC(N)=O. The fraction of sp³-hybridized carbons (Fsp3) is 0.476. The molecule has 1 atom stereocenters. The van der Waals surface area contributed by atoms with Crippen molar-refractivity contribution in [2.45, 2.75) is 45.2 Å². The first-order valence-corrected chi connectivity index (χ1v) is 10.5. The third kappa shape index (κ3) is 5.47. The summed E-state index contributed by atoms with van der Waals surface area (Å²) >= 11 is 1.85. The van der Waals surface area contributed by atoms with Crippen molar-refractivity contribution in [3.63, 3.8) is 0 Å². The molecule has 2 N–H and O–H groups in total. The van der Waals surface area contributed by atoms with Crippen LogP contribution in [0.3, 0.4) is 0 Å². The van der Waals surface area contributed by atoms with E-state index in [0.29, 0.717) is 24.1 Å². The molecule has 2 heterocycles. The van der Waals surface area contributed by atoms with Crippen molar-refractivity contribution in [1.29, 1.82) is 0 Å². The first-order valence-electron chi connectivity index (χ1n) is 9.61. The Morgan fingerprint density at radius 3 is 2.85 bits per heavy atom. The molecule has 1 aromatic carbocycles. The van der Waals surface area contributed by atoms with Crippen LogP contribution in [0, 0.1) is 0 Å². The van der Waals surface area contributed by atoms with Gasteiger partial charge in [-0.1, -0.05) is 25.0 Å². The van der Waals surface area contributed by atoms with E-state index in [2.05, 4.69) is 28.5 Å². The van der Waals surface area contributed by atoms with Gasteiger partial charge < -0.3 is 15.2 Å². The van der Waals surface area contributed by atoms with Gasteiger partial charge in [0.15, 0.2) is 18.1 Å². The fourth-order valence-electron chi connectivity index (χ4n) is 3.58. The minimum absolute atomic E-state index is 0.147. The second-order valence-corrected chi connectivity index (χ2v) is 7.80. The normalized spacial score (nSPS) is 18.0. The molecule has 0 spiro atoms. The van der Waals surface area contributed by atoms with Gasteiger partial charge in [-0.05, 0) is 55.5 Å². The highest BCUT2D eigenvalue weighted by Gasteiger charge is 2.23. The topological polar surface area (TPSA) is 64.8 Å². The lowest BCUT2D eigenvalue weighted by molar-refractivity contribution is -0.119. The van der Waals surface area contributed by atoms with Gasteiger partial charge in [-0.15, -0.1) is 11.3 Å². The number of ether oxygens (including phenoxy) is 2. The van der Waals surface area contributed by atoms with Gasteiger partial charge in [-0.3, -0.25) is 9.69 Å². The van der Waals surface area contributed by atoms with E-state index >= 15 is 0 Å². The summed E-state index contributed by atoms with van der Waals surface area (Å²) in [7, 11) is 0. The maximum atomic E-state index is 11.0. The van der Waals surface area contributed by atoms with E-state index < -0.39 is 5.91 Å². The molecule has 6 heteroatoms. The number of rotatable bonds is 8. The molecule has 1 aromatic heterocycles. The highest BCUT2D eigenvalue weighted by atomic mass is 32.1. The molecule has 1 saturated heterocycles. The Hall–Kier alpha value is -2.05. The van der Waals surface area contributed by atoms with Crippen molar-refractivity contribution in [2.75, 3.05) is 19.8 Å². The lowest BCUT2D eigenvalue weighted by Gasteiger charge is -2.29. The summed E-state index contributed by atoms with van der Waals surface area (Å²) in [6.45, 7) is 4.31. The van der Waals surface area contributed by atoms with E-state index in [1.165, 1.54) is 36.1 Å². The van der Waals surface area contributed by atoms with Gasteiger partial charge in [-0.25, -0.2) is 0 Å². The Bertz CT molecular complexity index is 733. The molecule has 1 amide bonds. The van der Waals surface area contributed by atoms with Crippen LogP contribution >= 0.6 is 11.3 Å². The number of benzene rings is 1. The Labute approximate surface area is 165 Å². The summed E-state index contributed by atoms with van der Waals surface area (Å²) in [5.41, 5.74) is 6.37. The number of hydrogen-bond acceptors (Lipinski definition) is 5. The minimum Gasteiger partial charge on any atom is -0.490 e. The standard InChI is InChI=1S/C21H28N2O3S/c1-2-25-19-13-16(9-10-18(19)26-15-21(22)24)14-23-11-5-3-4-7-17(23)20-8-6-12-27-20/h6,8-10,12-13,17H,2-5,7,11,14-15H2,1H3,(H2,22,24). The largest absolute Gasteiger partial charge is 0.490 e. The van der Waals surface area contributed by atoms with Gasteiger partial charge in [0.25, 0.3) is 5.91 Å². The van der Waals surface area contributed by atoms with Crippen molar-refractivity contribution in [3.05, 3.63) is 46.2 Å². The van der Waals surface area contributed by atoms with Gasteiger partial charge >= 0.3 is 0 Å². The number of thiophene rings is 1. The molecule has 5 nitrogen and oxygen atoms in total. The molecule has 0 bridgehead atoms. The van der Waals surface area contributed by atoms with E-state index in [9.17, 15) is 4.79 Å². The number of primary amides is 1. The molecule has 0 radical (unpaired) electrons. The number of nitrogens with zero attached hydrogens (tertiary/aromatic N) is 1. The summed E-state index contributed by atoms with van der Waals surface area (Å²) < 4.78 is 11.2. The Kier molecular flexibility index (Phi) is 7.12. The van der Waals surface area contributed by atoms with E-state index in [0.717, 1.165) is 13.1 Å².